The maximum Gasteiger partial charge on any atom is 0.337 e. The van der Waals surface area contributed by atoms with E-state index in [0.717, 1.165) is 37.3 Å². The van der Waals surface area contributed by atoms with Crippen molar-refractivity contribution in [1.29, 1.82) is 0 Å². The van der Waals surface area contributed by atoms with E-state index in [1.165, 1.54) is 23.3 Å². The number of carbonyl (C=O) groups is 2. The van der Waals surface area contributed by atoms with E-state index >= 15 is 0 Å². The molecule has 1 aromatic heterocycles. The SMILES string of the molecule is COC(=O)c1ccc(CN2CCc3nc(NC(=O)NC(C)C)sc3C2)cc1. The van der Waals surface area contributed by atoms with Crippen molar-refractivity contribution in [2.24, 2.45) is 0 Å². The smallest absolute Gasteiger partial charge is 0.337 e. The molecule has 2 amide bonds. The summed E-state index contributed by atoms with van der Waals surface area (Å²) in [6.07, 6.45) is 0.861. The number of rotatable bonds is 5. The van der Waals surface area contributed by atoms with Crippen LogP contribution in [0.5, 0.6) is 0 Å². The largest absolute Gasteiger partial charge is 0.465 e. The number of hydrogen-bond donors (Lipinski definition) is 2. The molecule has 1 aliphatic heterocycles. The Hall–Kier alpha value is -2.45. The van der Waals surface area contributed by atoms with Gasteiger partial charge in [-0.3, -0.25) is 10.2 Å². The van der Waals surface area contributed by atoms with Crippen molar-refractivity contribution in [3.63, 3.8) is 0 Å². The molecule has 1 aromatic carbocycles. The molecule has 0 aliphatic carbocycles. The van der Waals surface area contributed by atoms with Crippen molar-refractivity contribution < 1.29 is 14.3 Å². The molecule has 0 unspecified atom stereocenters. The number of ether oxygens (including phenoxy) is 1. The molecule has 0 fully saturated rings. The molecule has 27 heavy (non-hydrogen) atoms. The van der Waals surface area contributed by atoms with Crippen molar-refractivity contribution in [3.05, 3.63) is 46.0 Å². The average Bonchev–Trinajstić information content (AvgIpc) is 3.02. The van der Waals surface area contributed by atoms with Crippen molar-refractivity contribution in [1.82, 2.24) is 15.2 Å². The van der Waals surface area contributed by atoms with Gasteiger partial charge >= 0.3 is 12.0 Å². The summed E-state index contributed by atoms with van der Waals surface area (Å²) in [5.41, 5.74) is 2.77. The molecule has 0 saturated carbocycles. The van der Waals surface area contributed by atoms with Crippen LogP contribution in [0.15, 0.2) is 24.3 Å². The first-order valence-corrected chi connectivity index (χ1v) is 9.72. The van der Waals surface area contributed by atoms with Gasteiger partial charge in [-0.2, -0.15) is 0 Å². The second-order valence-corrected chi connectivity index (χ2v) is 7.87. The molecule has 2 heterocycles. The van der Waals surface area contributed by atoms with Gasteiger partial charge in [0.2, 0.25) is 0 Å². The van der Waals surface area contributed by atoms with E-state index in [1.807, 2.05) is 26.0 Å². The first-order chi connectivity index (χ1) is 12.9. The average molecular weight is 388 g/mol. The summed E-state index contributed by atoms with van der Waals surface area (Å²) >= 11 is 1.53. The van der Waals surface area contributed by atoms with Gasteiger partial charge in [-0.25, -0.2) is 14.6 Å². The van der Waals surface area contributed by atoms with Crippen molar-refractivity contribution in [3.8, 4) is 0 Å². The predicted octanol–water partition coefficient (Wildman–Crippen LogP) is 3.02. The number of anilines is 1. The normalized spacial score (nSPS) is 13.9. The van der Waals surface area contributed by atoms with Gasteiger partial charge in [-0.1, -0.05) is 12.1 Å². The highest BCUT2D eigenvalue weighted by Crippen LogP contribution is 2.29. The molecule has 8 heteroatoms. The van der Waals surface area contributed by atoms with Crippen LogP contribution < -0.4 is 10.6 Å². The van der Waals surface area contributed by atoms with E-state index in [2.05, 4.69) is 20.5 Å². The van der Waals surface area contributed by atoms with E-state index in [0.29, 0.717) is 10.7 Å². The van der Waals surface area contributed by atoms with Crippen molar-refractivity contribution in [2.45, 2.75) is 39.4 Å². The highest BCUT2D eigenvalue weighted by molar-refractivity contribution is 7.15. The van der Waals surface area contributed by atoms with Crippen LogP contribution >= 0.6 is 11.3 Å². The Balaban J connectivity index is 1.59. The highest BCUT2D eigenvalue weighted by atomic mass is 32.1. The van der Waals surface area contributed by atoms with Crippen LogP contribution in [0.3, 0.4) is 0 Å². The van der Waals surface area contributed by atoms with Gasteiger partial charge in [0.05, 0.1) is 18.4 Å². The fourth-order valence-corrected chi connectivity index (χ4v) is 4.00. The lowest BCUT2D eigenvalue weighted by molar-refractivity contribution is 0.0600. The zero-order valence-electron chi connectivity index (χ0n) is 15.7. The zero-order chi connectivity index (χ0) is 19.4. The molecule has 3 rings (SSSR count). The van der Waals surface area contributed by atoms with Gasteiger partial charge < -0.3 is 10.1 Å². The minimum absolute atomic E-state index is 0.0839. The Bertz CT molecular complexity index is 817. The molecule has 0 saturated heterocycles. The molecule has 0 bridgehead atoms. The molecule has 0 spiro atoms. The van der Waals surface area contributed by atoms with Crippen LogP contribution in [0.1, 0.15) is 40.3 Å². The number of methoxy groups -OCH3 is 1. The molecule has 2 N–H and O–H groups in total. The van der Waals surface area contributed by atoms with E-state index in [4.69, 9.17) is 4.74 Å². The van der Waals surface area contributed by atoms with Gasteiger partial charge in [-0.15, -0.1) is 11.3 Å². The third-order valence-corrected chi connectivity index (χ3v) is 5.23. The fraction of sp³-hybridized carbons (Fsp3) is 0.421. The molecule has 2 aromatic rings. The molecule has 7 nitrogen and oxygen atoms in total. The number of aromatic nitrogens is 1. The Kier molecular flexibility index (Phi) is 6.08. The summed E-state index contributed by atoms with van der Waals surface area (Å²) in [5.74, 6) is -0.324. The van der Waals surface area contributed by atoms with E-state index in [-0.39, 0.29) is 18.0 Å². The zero-order valence-corrected chi connectivity index (χ0v) is 16.6. The van der Waals surface area contributed by atoms with Crippen molar-refractivity contribution in [2.75, 3.05) is 19.0 Å². The van der Waals surface area contributed by atoms with Crippen molar-refractivity contribution >= 4 is 28.5 Å². The first kappa shape index (κ1) is 19.3. The quantitative estimate of drug-likeness (QED) is 0.770. The second-order valence-electron chi connectivity index (χ2n) is 6.79. The van der Waals surface area contributed by atoms with Gasteiger partial charge in [0, 0.05) is 37.0 Å². The molecule has 0 atom stereocenters. The molecule has 144 valence electrons. The predicted molar refractivity (Wildman–Crippen MR) is 105 cm³/mol. The first-order valence-electron chi connectivity index (χ1n) is 8.90. The third-order valence-electron chi connectivity index (χ3n) is 4.23. The van der Waals surface area contributed by atoms with Gasteiger partial charge in [0.15, 0.2) is 5.13 Å². The molecule has 0 radical (unpaired) electrons. The van der Waals surface area contributed by atoms with Crippen LogP contribution in [-0.2, 0) is 24.2 Å². The fourth-order valence-electron chi connectivity index (χ4n) is 2.95. The van der Waals surface area contributed by atoms with Gasteiger partial charge in [0.25, 0.3) is 0 Å². The number of benzene rings is 1. The summed E-state index contributed by atoms with van der Waals surface area (Å²) < 4.78 is 4.73. The summed E-state index contributed by atoms with van der Waals surface area (Å²) in [4.78, 5) is 31.4. The van der Waals surface area contributed by atoms with Gasteiger partial charge in [-0.05, 0) is 31.5 Å². The standard InChI is InChI=1S/C19H24N4O3S/c1-12(2)20-18(25)22-19-21-15-8-9-23(11-16(15)27-19)10-13-4-6-14(7-5-13)17(24)26-3/h4-7,12H,8-11H2,1-3H3,(H2,20,21,22,25). The van der Waals surface area contributed by atoms with E-state index < -0.39 is 0 Å². The lowest BCUT2D eigenvalue weighted by Crippen LogP contribution is -2.34. The number of hydrogen-bond acceptors (Lipinski definition) is 6. The Morgan fingerprint density at radius 2 is 2.04 bits per heavy atom. The molecular formula is C19H24N4O3S. The number of carbonyl (C=O) groups excluding carboxylic acids is 2. The minimum Gasteiger partial charge on any atom is -0.465 e. The number of amides is 2. The molecule has 1 aliphatic rings. The van der Waals surface area contributed by atoms with Crippen LogP contribution in [0.2, 0.25) is 0 Å². The third kappa shape index (κ3) is 5.05. The number of urea groups is 1. The van der Waals surface area contributed by atoms with E-state index in [9.17, 15) is 9.59 Å². The maximum absolute atomic E-state index is 11.8. The number of esters is 1. The Morgan fingerprint density at radius 1 is 1.30 bits per heavy atom. The minimum atomic E-state index is -0.324. The summed E-state index contributed by atoms with van der Waals surface area (Å²) in [5, 5.41) is 6.26. The Labute approximate surface area is 162 Å². The lowest BCUT2D eigenvalue weighted by atomic mass is 10.1. The topological polar surface area (TPSA) is 83.6 Å². The van der Waals surface area contributed by atoms with Crippen LogP contribution in [0, 0.1) is 0 Å². The number of fused-ring (bicyclic) bond motifs is 1. The second kappa shape index (κ2) is 8.49. The summed E-state index contributed by atoms with van der Waals surface area (Å²) in [7, 11) is 1.38. The van der Waals surface area contributed by atoms with Crippen LogP contribution in [0.25, 0.3) is 0 Å². The number of nitrogens with one attached hydrogen (secondary N) is 2. The van der Waals surface area contributed by atoms with Crippen LogP contribution in [-0.4, -0.2) is 41.6 Å². The summed E-state index contributed by atoms with van der Waals surface area (Å²) in [6.45, 7) is 6.35. The maximum atomic E-state index is 11.8. The number of nitrogens with zero attached hydrogens (tertiary/aromatic N) is 2. The highest BCUT2D eigenvalue weighted by Gasteiger charge is 2.21. The van der Waals surface area contributed by atoms with E-state index in [1.54, 1.807) is 12.1 Å². The van der Waals surface area contributed by atoms with Gasteiger partial charge in [0.1, 0.15) is 0 Å². The monoisotopic (exact) mass is 388 g/mol. The Morgan fingerprint density at radius 3 is 2.70 bits per heavy atom. The van der Waals surface area contributed by atoms with Crippen LogP contribution in [0.4, 0.5) is 9.93 Å². The number of thiazole rings is 1. The summed E-state index contributed by atoms with van der Waals surface area (Å²) in [6, 6.07) is 7.35. The molecular weight excluding hydrogens is 364 g/mol. The lowest BCUT2D eigenvalue weighted by Gasteiger charge is -2.25.